The van der Waals surface area contributed by atoms with Crippen molar-refractivity contribution in [1.82, 2.24) is 20.6 Å². The van der Waals surface area contributed by atoms with Gasteiger partial charge in [-0.1, -0.05) is 11.6 Å². The summed E-state index contributed by atoms with van der Waals surface area (Å²) in [5, 5.41) is 6.31. The maximum absolute atomic E-state index is 11.6. The molecule has 2 amide bonds. The first-order valence-electron chi connectivity index (χ1n) is 7.24. The summed E-state index contributed by atoms with van der Waals surface area (Å²) in [4.78, 5) is 19.7. The minimum atomic E-state index is -0.101. The highest BCUT2D eigenvalue weighted by Crippen LogP contribution is 2.22. The topological polar surface area (TPSA) is 76.1 Å². The lowest BCUT2D eigenvalue weighted by Crippen LogP contribution is -2.46. The quantitative estimate of drug-likeness (QED) is 0.895. The molecule has 0 radical (unpaired) electrons. The van der Waals surface area contributed by atoms with Crippen LogP contribution in [0.5, 0.6) is 6.01 Å². The van der Waals surface area contributed by atoms with Gasteiger partial charge in [-0.15, -0.1) is 0 Å². The number of nitrogens with one attached hydrogen (secondary N) is 2. The lowest BCUT2D eigenvalue weighted by molar-refractivity contribution is 0.128. The molecule has 1 saturated carbocycles. The largest absolute Gasteiger partial charge is 0.460 e. The Hall–Kier alpha value is -1.56. The zero-order valence-corrected chi connectivity index (χ0v) is 13.1. The summed E-state index contributed by atoms with van der Waals surface area (Å²) in [6, 6.07) is 0.602. The van der Waals surface area contributed by atoms with Gasteiger partial charge >= 0.3 is 12.0 Å². The van der Waals surface area contributed by atoms with Crippen molar-refractivity contribution < 1.29 is 9.53 Å². The molecule has 1 fully saturated rings. The van der Waals surface area contributed by atoms with E-state index in [4.69, 9.17) is 16.3 Å². The summed E-state index contributed by atoms with van der Waals surface area (Å²) < 4.78 is 5.72. The minimum Gasteiger partial charge on any atom is -0.460 e. The van der Waals surface area contributed by atoms with Gasteiger partial charge in [0.05, 0.1) is 17.4 Å². The molecule has 7 heteroatoms. The third kappa shape index (κ3) is 5.38. The highest BCUT2D eigenvalue weighted by Gasteiger charge is 2.24. The molecule has 2 N–H and O–H groups in total. The van der Waals surface area contributed by atoms with Crippen LogP contribution in [0.15, 0.2) is 12.4 Å². The third-order valence-electron chi connectivity index (χ3n) is 3.30. The number of hydrogen-bond acceptors (Lipinski definition) is 4. The van der Waals surface area contributed by atoms with Gasteiger partial charge in [0, 0.05) is 12.1 Å². The first-order valence-corrected chi connectivity index (χ1v) is 7.62. The predicted molar refractivity (Wildman–Crippen MR) is 80.5 cm³/mol. The number of nitrogens with zero attached hydrogens (tertiary/aromatic N) is 2. The Bertz CT molecular complexity index is 459. The Labute approximate surface area is 129 Å². The van der Waals surface area contributed by atoms with Crippen LogP contribution in [-0.4, -0.2) is 34.2 Å². The summed E-state index contributed by atoms with van der Waals surface area (Å²) in [5.41, 5.74) is 0. The van der Waals surface area contributed by atoms with Crippen molar-refractivity contribution in [2.24, 2.45) is 0 Å². The van der Waals surface area contributed by atoms with Gasteiger partial charge in [0.25, 0.3) is 0 Å². The van der Waals surface area contributed by atoms with E-state index in [1.165, 1.54) is 12.4 Å². The maximum atomic E-state index is 11.6. The van der Waals surface area contributed by atoms with Crippen molar-refractivity contribution in [3.8, 4) is 6.01 Å². The number of halogens is 1. The van der Waals surface area contributed by atoms with Crippen molar-refractivity contribution in [1.29, 1.82) is 0 Å². The summed E-state index contributed by atoms with van der Waals surface area (Å²) in [7, 11) is 0. The van der Waals surface area contributed by atoms with Gasteiger partial charge in [-0.25, -0.2) is 14.8 Å². The molecule has 21 heavy (non-hydrogen) atoms. The number of ether oxygens (including phenoxy) is 1. The fourth-order valence-corrected chi connectivity index (χ4v) is 2.42. The van der Waals surface area contributed by atoms with Crippen LogP contribution in [0.1, 0.15) is 39.5 Å². The van der Waals surface area contributed by atoms with E-state index in [0.717, 1.165) is 25.7 Å². The van der Waals surface area contributed by atoms with Crippen LogP contribution < -0.4 is 15.4 Å². The standard InChI is InChI=1S/C14H21ClN4O2/c1-9(2)18-13(20)19-11-3-5-12(6-4-11)21-14-16-7-10(15)8-17-14/h7-9,11-12H,3-6H2,1-2H3,(H2,18,19,20). The summed E-state index contributed by atoms with van der Waals surface area (Å²) in [5.74, 6) is 0. The van der Waals surface area contributed by atoms with E-state index in [1.54, 1.807) is 0 Å². The molecule has 0 atom stereocenters. The number of aromatic nitrogens is 2. The second-order valence-corrected chi connectivity index (χ2v) is 5.98. The lowest BCUT2D eigenvalue weighted by atomic mass is 9.93. The van der Waals surface area contributed by atoms with Crippen molar-refractivity contribution in [3.63, 3.8) is 0 Å². The maximum Gasteiger partial charge on any atom is 0.316 e. The molecule has 1 aliphatic rings. The molecule has 1 aromatic rings. The van der Waals surface area contributed by atoms with E-state index in [9.17, 15) is 4.79 Å². The number of urea groups is 1. The lowest BCUT2D eigenvalue weighted by Gasteiger charge is -2.29. The molecule has 0 spiro atoms. The zero-order chi connectivity index (χ0) is 15.2. The number of amides is 2. The van der Waals surface area contributed by atoms with Crippen molar-refractivity contribution in [2.75, 3.05) is 0 Å². The van der Waals surface area contributed by atoms with Crippen LogP contribution in [0.25, 0.3) is 0 Å². The van der Waals surface area contributed by atoms with Crippen LogP contribution in [0.3, 0.4) is 0 Å². The Balaban J connectivity index is 1.73. The van der Waals surface area contributed by atoms with Crippen LogP contribution in [0, 0.1) is 0 Å². The van der Waals surface area contributed by atoms with Crippen LogP contribution >= 0.6 is 11.6 Å². The second-order valence-electron chi connectivity index (χ2n) is 5.55. The highest BCUT2D eigenvalue weighted by molar-refractivity contribution is 6.30. The van der Waals surface area contributed by atoms with Crippen molar-refractivity contribution in [2.45, 2.75) is 57.7 Å². The normalized spacial score (nSPS) is 21.9. The van der Waals surface area contributed by atoms with Gasteiger partial charge in [-0.3, -0.25) is 0 Å². The molecular formula is C14H21ClN4O2. The SMILES string of the molecule is CC(C)NC(=O)NC1CCC(Oc2ncc(Cl)cn2)CC1. The van der Waals surface area contributed by atoms with Crippen LogP contribution in [0.4, 0.5) is 4.79 Å². The Morgan fingerprint density at radius 1 is 1.29 bits per heavy atom. The average Bonchev–Trinajstić information content (AvgIpc) is 2.42. The van der Waals surface area contributed by atoms with Crippen LogP contribution in [0.2, 0.25) is 5.02 Å². The van der Waals surface area contributed by atoms with E-state index >= 15 is 0 Å². The van der Waals surface area contributed by atoms with Gasteiger partial charge in [-0.2, -0.15) is 0 Å². The second kappa shape index (κ2) is 7.45. The first kappa shape index (κ1) is 15.8. The summed E-state index contributed by atoms with van der Waals surface area (Å²) in [6.45, 7) is 3.88. The van der Waals surface area contributed by atoms with Crippen molar-refractivity contribution >= 4 is 17.6 Å². The Kier molecular flexibility index (Phi) is 5.61. The third-order valence-corrected chi connectivity index (χ3v) is 3.49. The predicted octanol–water partition coefficient (Wildman–Crippen LogP) is 2.53. The van der Waals surface area contributed by atoms with Gasteiger partial charge in [0.15, 0.2) is 0 Å². The molecule has 0 saturated heterocycles. The molecule has 0 aliphatic heterocycles. The van der Waals surface area contributed by atoms with Crippen molar-refractivity contribution in [3.05, 3.63) is 17.4 Å². The average molecular weight is 313 g/mol. The summed E-state index contributed by atoms with van der Waals surface area (Å²) >= 11 is 5.73. The minimum absolute atomic E-state index is 0.0948. The smallest absolute Gasteiger partial charge is 0.316 e. The number of carbonyl (C=O) groups is 1. The molecule has 2 rings (SSSR count). The Morgan fingerprint density at radius 2 is 1.90 bits per heavy atom. The van der Waals surface area contributed by atoms with Crippen LogP contribution in [-0.2, 0) is 0 Å². The van der Waals surface area contributed by atoms with Gasteiger partial charge in [-0.05, 0) is 39.5 Å². The Morgan fingerprint density at radius 3 is 2.48 bits per heavy atom. The molecule has 6 nitrogen and oxygen atoms in total. The number of hydrogen-bond donors (Lipinski definition) is 2. The zero-order valence-electron chi connectivity index (χ0n) is 12.3. The van der Waals surface area contributed by atoms with E-state index in [-0.39, 0.29) is 24.2 Å². The van der Waals surface area contributed by atoms with E-state index in [2.05, 4.69) is 20.6 Å². The van der Waals surface area contributed by atoms with Gasteiger partial charge < -0.3 is 15.4 Å². The summed E-state index contributed by atoms with van der Waals surface area (Å²) in [6.07, 6.45) is 6.67. The molecule has 1 aliphatic carbocycles. The molecule has 1 aromatic heterocycles. The number of rotatable bonds is 4. The van der Waals surface area contributed by atoms with Gasteiger partial charge in [0.1, 0.15) is 6.10 Å². The molecular weight excluding hydrogens is 292 g/mol. The monoisotopic (exact) mass is 312 g/mol. The molecule has 116 valence electrons. The van der Waals surface area contributed by atoms with E-state index < -0.39 is 0 Å². The molecule has 0 bridgehead atoms. The highest BCUT2D eigenvalue weighted by atomic mass is 35.5. The first-order chi connectivity index (χ1) is 10.0. The molecule has 1 heterocycles. The van der Waals surface area contributed by atoms with E-state index in [1.807, 2.05) is 13.8 Å². The molecule has 0 unspecified atom stereocenters. The fraction of sp³-hybridized carbons (Fsp3) is 0.643. The van der Waals surface area contributed by atoms with Gasteiger partial charge in [0.2, 0.25) is 0 Å². The fourth-order valence-electron chi connectivity index (χ4n) is 2.32. The number of carbonyl (C=O) groups excluding carboxylic acids is 1. The van der Waals surface area contributed by atoms with E-state index in [0.29, 0.717) is 11.0 Å². The molecule has 0 aromatic carbocycles.